The summed E-state index contributed by atoms with van der Waals surface area (Å²) in [5.41, 5.74) is 3.48. The maximum Gasteiger partial charge on any atom is 0.246 e. The van der Waals surface area contributed by atoms with Gasteiger partial charge >= 0.3 is 0 Å². The number of hydrogen-bond donors (Lipinski definition) is 0. The van der Waals surface area contributed by atoms with Crippen molar-refractivity contribution >= 4 is 23.6 Å². The Morgan fingerprint density at radius 2 is 1.96 bits per heavy atom. The highest BCUT2D eigenvalue weighted by molar-refractivity contribution is 6.30. The van der Waals surface area contributed by atoms with E-state index in [1.165, 1.54) is 11.1 Å². The molecule has 1 amide bonds. The molecule has 1 saturated heterocycles. The fraction of sp³-hybridized carbons (Fsp3) is 0.318. The van der Waals surface area contributed by atoms with E-state index in [0.717, 1.165) is 62.1 Å². The molecule has 4 rings (SSSR count). The Kier molecular flexibility index (Phi) is 5.46. The van der Waals surface area contributed by atoms with E-state index < -0.39 is 0 Å². The number of hydrogen-bond acceptors (Lipinski definition) is 3. The minimum Gasteiger partial charge on any atom is -0.493 e. The molecular weight excluding hydrogens is 360 g/mol. The number of amides is 1. The summed E-state index contributed by atoms with van der Waals surface area (Å²) in [5.74, 6) is 1.04. The van der Waals surface area contributed by atoms with E-state index in [0.29, 0.717) is 0 Å². The number of piperazine rings is 1. The van der Waals surface area contributed by atoms with Crippen LogP contribution in [0.25, 0.3) is 6.08 Å². The predicted molar refractivity (Wildman–Crippen MR) is 108 cm³/mol. The van der Waals surface area contributed by atoms with Gasteiger partial charge in [-0.1, -0.05) is 29.8 Å². The number of halogens is 1. The smallest absolute Gasteiger partial charge is 0.246 e. The van der Waals surface area contributed by atoms with Gasteiger partial charge in [0, 0.05) is 50.2 Å². The molecule has 2 heterocycles. The molecule has 0 aromatic heterocycles. The lowest BCUT2D eigenvalue weighted by Crippen LogP contribution is -2.47. The molecule has 0 aliphatic carbocycles. The van der Waals surface area contributed by atoms with Gasteiger partial charge in [0.1, 0.15) is 5.75 Å². The third kappa shape index (κ3) is 4.52. The van der Waals surface area contributed by atoms with Crippen LogP contribution in [0.1, 0.15) is 16.7 Å². The number of ether oxygens (including phenoxy) is 1. The summed E-state index contributed by atoms with van der Waals surface area (Å²) in [6.45, 7) is 4.88. The van der Waals surface area contributed by atoms with E-state index in [-0.39, 0.29) is 5.91 Å². The monoisotopic (exact) mass is 382 g/mol. The van der Waals surface area contributed by atoms with Crippen molar-refractivity contribution < 1.29 is 9.53 Å². The molecule has 0 bridgehead atoms. The molecule has 4 nitrogen and oxygen atoms in total. The summed E-state index contributed by atoms with van der Waals surface area (Å²) in [6, 6.07) is 14.1. The molecule has 2 aliphatic rings. The van der Waals surface area contributed by atoms with Crippen LogP contribution >= 0.6 is 11.6 Å². The molecule has 27 heavy (non-hydrogen) atoms. The zero-order chi connectivity index (χ0) is 18.6. The van der Waals surface area contributed by atoms with Crippen LogP contribution in [0.15, 0.2) is 48.5 Å². The first kappa shape index (κ1) is 18.1. The highest BCUT2D eigenvalue weighted by atomic mass is 35.5. The lowest BCUT2D eigenvalue weighted by Gasteiger charge is -2.34. The van der Waals surface area contributed by atoms with Crippen molar-refractivity contribution in [3.05, 3.63) is 70.3 Å². The first-order chi connectivity index (χ1) is 13.2. The zero-order valence-corrected chi connectivity index (χ0v) is 16.0. The quantitative estimate of drug-likeness (QED) is 0.757. The molecule has 0 spiro atoms. The van der Waals surface area contributed by atoms with E-state index in [4.69, 9.17) is 16.3 Å². The molecule has 0 N–H and O–H groups in total. The fourth-order valence-electron chi connectivity index (χ4n) is 3.60. The number of nitrogens with zero attached hydrogens (tertiary/aromatic N) is 2. The minimum atomic E-state index is 0.0779. The van der Waals surface area contributed by atoms with E-state index in [1.807, 2.05) is 41.3 Å². The summed E-state index contributed by atoms with van der Waals surface area (Å²) in [5, 5.41) is 0.768. The molecule has 2 aromatic carbocycles. The van der Waals surface area contributed by atoms with Crippen molar-refractivity contribution in [2.45, 2.75) is 13.0 Å². The van der Waals surface area contributed by atoms with Gasteiger partial charge in [-0.2, -0.15) is 0 Å². The van der Waals surface area contributed by atoms with Gasteiger partial charge in [-0.05, 0) is 47.0 Å². The van der Waals surface area contributed by atoms with Crippen molar-refractivity contribution in [3.8, 4) is 5.75 Å². The molecule has 5 heteroatoms. The molecule has 1 fully saturated rings. The maximum absolute atomic E-state index is 12.5. The van der Waals surface area contributed by atoms with Crippen molar-refractivity contribution in [3.63, 3.8) is 0 Å². The van der Waals surface area contributed by atoms with Crippen LogP contribution in [0.4, 0.5) is 0 Å². The average molecular weight is 383 g/mol. The van der Waals surface area contributed by atoms with Gasteiger partial charge in [-0.3, -0.25) is 9.69 Å². The molecular formula is C22H23ClN2O2. The van der Waals surface area contributed by atoms with E-state index in [9.17, 15) is 4.79 Å². The highest BCUT2D eigenvalue weighted by Crippen LogP contribution is 2.26. The van der Waals surface area contributed by atoms with Gasteiger partial charge < -0.3 is 9.64 Å². The Bertz CT molecular complexity index is 857. The van der Waals surface area contributed by atoms with Crippen LogP contribution in [0.2, 0.25) is 5.02 Å². The van der Waals surface area contributed by atoms with E-state index in [2.05, 4.69) is 17.0 Å². The maximum atomic E-state index is 12.5. The highest BCUT2D eigenvalue weighted by Gasteiger charge is 2.19. The lowest BCUT2D eigenvalue weighted by molar-refractivity contribution is -0.127. The van der Waals surface area contributed by atoms with Crippen molar-refractivity contribution in [2.75, 3.05) is 32.8 Å². The molecule has 0 unspecified atom stereocenters. The molecule has 0 atom stereocenters. The molecule has 0 radical (unpaired) electrons. The Morgan fingerprint density at radius 3 is 2.78 bits per heavy atom. The van der Waals surface area contributed by atoms with Crippen LogP contribution in [-0.4, -0.2) is 48.5 Å². The van der Waals surface area contributed by atoms with Gasteiger partial charge in [0.25, 0.3) is 0 Å². The first-order valence-electron chi connectivity index (χ1n) is 9.37. The van der Waals surface area contributed by atoms with Gasteiger partial charge in [0.05, 0.1) is 6.61 Å². The Balaban J connectivity index is 1.29. The fourth-order valence-corrected chi connectivity index (χ4v) is 3.82. The standard InChI is InChI=1S/C22H23ClN2O2/c23-20-3-1-2-18(15-20)16-24-9-11-25(12-10-24)22(26)7-5-17-4-6-21-19(14-17)8-13-27-21/h1-7,14-15H,8-13,16H2/b7-5+. The number of rotatable bonds is 4. The normalized spacial score (nSPS) is 17.1. The van der Waals surface area contributed by atoms with Crippen LogP contribution in [0, 0.1) is 0 Å². The third-order valence-electron chi connectivity index (χ3n) is 5.11. The topological polar surface area (TPSA) is 32.8 Å². The largest absolute Gasteiger partial charge is 0.493 e. The van der Waals surface area contributed by atoms with Crippen LogP contribution in [0.3, 0.4) is 0 Å². The number of benzene rings is 2. The number of carbonyl (C=O) groups excluding carboxylic acids is 1. The summed E-state index contributed by atoms with van der Waals surface area (Å²) >= 11 is 6.06. The molecule has 0 saturated carbocycles. The zero-order valence-electron chi connectivity index (χ0n) is 15.2. The predicted octanol–water partition coefficient (Wildman–Crippen LogP) is 3.63. The van der Waals surface area contributed by atoms with Crippen molar-refractivity contribution in [1.82, 2.24) is 9.80 Å². The molecule has 2 aliphatic heterocycles. The van der Waals surface area contributed by atoms with Gasteiger partial charge in [-0.25, -0.2) is 0 Å². The van der Waals surface area contributed by atoms with Crippen molar-refractivity contribution in [2.24, 2.45) is 0 Å². The van der Waals surface area contributed by atoms with Crippen LogP contribution < -0.4 is 4.74 Å². The van der Waals surface area contributed by atoms with Gasteiger partial charge in [0.2, 0.25) is 5.91 Å². The Hall–Kier alpha value is -2.30. The van der Waals surface area contributed by atoms with Gasteiger partial charge in [0.15, 0.2) is 0 Å². The third-order valence-corrected chi connectivity index (χ3v) is 5.35. The second kappa shape index (κ2) is 8.15. The van der Waals surface area contributed by atoms with Gasteiger partial charge in [-0.15, -0.1) is 0 Å². The van der Waals surface area contributed by atoms with E-state index >= 15 is 0 Å². The summed E-state index contributed by atoms with van der Waals surface area (Å²) in [4.78, 5) is 16.8. The number of fused-ring (bicyclic) bond motifs is 1. The Morgan fingerprint density at radius 1 is 1.11 bits per heavy atom. The second-order valence-corrected chi connectivity index (χ2v) is 7.47. The Labute approximate surface area is 165 Å². The minimum absolute atomic E-state index is 0.0779. The summed E-state index contributed by atoms with van der Waals surface area (Å²) in [6.07, 6.45) is 4.53. The van der Waals surface area contributed by atoms with E-state index in [1.54, 1.807) is 6.08 Å². The SMILES string of the molecule is O=C(/C=C/c1ccc2c(c1)CCO2)N1CCN(Cc2cccc(Cl)c2)CC1. The van der Waals surface area contributed by atoms with Crippen LogP contribution in [-0.2, 0) is 17.8 Å². The number of carbonyl (C=O) groups is 1. The van der Waals surface area contributed by atoms with Crippen LogP contribution in [0.5, 0.6) is 5.75 Å². The average Bonchev–Trinajstić information content (AvgIpc) is 3.14. The first-order valence-corrected chi connectivity index (χ1v) is 9.75. The molecule has 140 valence electrons. The lowest BCUT2D eigenvalue weighted by atomic mass is 10.1. The molecule has 2 aromatic rings. The van der Waals surface area contributed by atoms with Crippen molar-refractivity contribution in [1.29, 1.82) is 0 Å². The summed E-state index contributed by atoms with van der Waals surface area (Å²) in [7, 11) is 0. The summed E-state index contributed by atoms with van der Waals surface area (Å²) < 4.78 is 5.52. The second-order valence-electron chi connectivity index (χ2n) is 7.03.